The molecule has 0 spiro atoms. The van der Waals surface area contributed by atoms with E-state index in [2.05, 4.69) is 5.32 Å². The van der Waals surface area contributed by atoms with Crippen LogP contribution in [0.4, 0.5) is 0 Å². The summed E-state index contributed by atoms with van der Waals surface area (Å²) in [7, 11) is -3.80. The molecule has 2 aliphatic heterocycles. The summed E-state index contributed by atoms with van der Waals surface area (Å²) in [6.45, 7) is 3.14. The molecule has 2 unspecified atom stereocenters. The Morgan fingerprint density at radius 1 is 1.43 bits per heavy atom. The fraction of sp³-hybridized carbons (Fsp3) is 0.833. The summed E-state index contributed by atoms with van der Waals surface area (Å²) >= 11 is 0. The molecular formula is C12H21N3O5S. The minimum Gasteiger partial charge on any atom is -0.481 e. The lowest BCUT2D eigenvalue weighted by Gasteiger charge is -2.39. The topological polar surface area (TPSA) is 107 Å². The van der Waals surface area contributed by atoms with Crippen molar-refractivity contribution in [3.8, 4) is 0 Å². The van der Waals surface area contributed by atoms with Crippen LogP contribution in [-0.2, 0) is 19.8 Å². The maximum Gasteiger partial charge on any atom is 0.305 e. The predicted octanol–water partition coefficient (Wildman–Crippen LogP) is -0.762. The summed E-state index contributed by atoms with van der Waals surface area (Å²) in [5, 5.41) is 11.4. The molecule has 2 saturated heterocycles. The van der Waals surface area contributed by atoms with Gasteiger partial charge in [0.1, 0.15) is 6.04 Å². The van der Waals surface area contributed by atoms with Gasteiger partial charge in [-0.1, -0.05) is 6.92 Å². The molecule has 0 aromatic heterocycles. The Bertz CT molecular complexity index is 521. The second-order valence-corrected chi connectivity index (χ2v) is 7.51. The van der Waals surface area contributed by atoms with E-state index in [4.69, 9.17) is 5.11 Å². The Hall–Kier alpha value is -1.19. The number of carboxylic acids is 1. The Kier molecular flexibility index (Phi) is 4.84. The van der Waals surface area contributed by atoms with Gasteiger partial charge >= 0.3 is 5.97 Å². The van der Waals surface area contributed by atoms with Gasteiger partial charge in [0.15, 0.2) is 0 Å². The van der Waals surface area contributed by atoms with Crippen LogP contribution in [0.2, 0.25) is 0 Å². The molecule has 2 atom stereocenters. The van der Waals surface area contributed by atoms with Crippen molar-refractivity contribution < 1.29 is 23.1 Å². The molecule has 9 heteroatoms. The van der Waals surface area contributed by atoms with E-state index < -0.39 is 34.5 Å². The fourth-order valence-electron chi connectivity index (χ4n) is 2.83. The molecule has 2 heterocycles. The summed E-state index contributed by atoms with van der Waals surface area (Å²) in [5.41, 5.74) is 0. The monoisotopic (exact) mass is 319 g/mol. The number of carboxylic acid groups (broad SMARTS) is 1. The number of piperidine rings is 1. The Balaban J connectivity index is 2.22. The number of nitrogens with one attached hydrogen (secondary N) is 1. The van der Waals surface area contributed by atoms with Crippen LogP contribution in [0.3, 0.4) is 0 Å². The van der Waals surface area contributed by atoms with Gasteiger partial charge in [-0.3, -0.25) is 9.59 Å². The quantitative estimate of drug-likeness (QED) is 0.708. The van der Waals surface area contributed by atoms with Crippen LogP contribution in [0, 0.1) is 5.92 Å². The molecule has 0 aromatic carbocycles. The maximum absolute atomic E-state index is 12.7. The normalized spacial score (nSPS) is 29.1. The third kappa shape index (κ3) is 3.53. The lowest BCUT2D eigenvalue weighted by Crippen LogP contribution is -2.61. The fourth-order valence-corrected chi connectivity index (χ4v) is 4.75. The van der Waals surface area contributed by atoms with E-state index >= 15 is 0 Å². The summed E-state index contributed by atoms with van der Waals surface area (Å²) in [4.78, 5) is 22.7. The highest BCUT2D eigenvalue weighted by Gasteiger charge is 2.42. The average molecular weight is 319 g/mol. The third-order valence-corrected chi connectivity index (χ3v) is 5.91. The van der Waals surface area contributed by atoms with Crippen molar-refractivity contribution in [1.29, 1.82) is 0 Å². The van der Waals surface area contributed by atoms with Gasteiger partial charge in [-0.25, -0.2) is 0 Å². The molecular weight excluding hydrogens is 298 g/mol. The minimum atomic E-state index is -3.80. The molecule has 1 amide bonds. The van der Waals surface area contributed by atoms with Crippen molar-refractivity contribution in [2.75, 3.05) is 26.2 Å². The average Bonchev–Trinajstić information content (AvgIpc) is 2.40. The first-order chi connectivity index (χ1) is 9.82. The van der Waals surface area contributed by atoms with Crippen molar-refractivity contribution in [1.82, 2.24) is 13.9 Å². The van der Waals surface area contributed by atoms with Crippen molar-refractivity contribution in [2.24, 2.45) is 5.92 Å². The van der Waals surface area contributed by atoms with E-state index in [9.17, 15) is 18.0 Å². The van der Waals surface area contributed by atoms with Crippen molar-refractivity contribution in [3.05, 3.63) is 0 Å². The maximum atomic E-state index is 12.7. The van der Waals surface area contributed by atoms with Crippen molar-refractivity contribution in [2.45, 2.75) is 32.2 Å². The number of hydrogen-bond acceptors (Lipinski definition) is 4. The molecule has 0 bridgehead atoms. The van der Waals surface area contributed by atoms with Gasteiger partial charge in [-0.15, -0.1) is 0 Å². The van der Waals surface area contributed by atoms with E-state index in [1.807, 2.05) is 6.92 Å². The van der Waals surface area contributed by atoms with E-state index in [1.54, 1.807) is 0 Å². The lowest BCUT2D eigenvalue weighted by atomic mass is 10.0. The van der Waals surface area contributed by atoms with Crippen molar-refractivity contribution >= 4 is 22.1 Å². The molecule has 0 aromatic rings. The van der Waals surface area contributed by atoms with Gasteiger partial charge < -0.3 is 10.4 Å². The number of carbonyl (C=O) groups excluding carboxylic acids is 1. The highest BCUT2D eigenvalue weighted by atomic mass is 32.2. The van der Waals surface area contributed by atoms with Gasteiger partial charge in [0.25, 0.3) is 10.2 Å². The second kappa shape index (κ2) is 6.29. The predicted molar refractivity (Wildman–Crippen MR) is 74.6 cm³/mol. The second-order valence-electron chi connectivity index (χ2n) is 5.63. The van der Waals surface area contributed by atoms with E-state index in [-0.39, 0.29) is 19.0 Å². The number of carbonyl (C=O) groups is 2. The Labute approximate surface area is 124 Å². The zero-order valence-corrected chi connectivity index (χ0v) is 12.8. The molecule has 2 fully saturated rings. The SMILES string of the molecule is CC1CCCN(S(=O)(=O)N2CCNC(=O)C2CC(=O)O)C1. The largest absolute Gasteiger partial charge is 0.481 e. The molecule has 120 valence electrons. The van der Waals surface area contributed by atoms with Crippen molar-refractivity contribution in [3.63, 3.8) is 0 Å². The highest BCUT2D eigenvalue weighted by Crippen LogP contribution is 2.23. The first kappa shape index (κ1) is 16.2. The zero-order valence-electron chi connectivity index (χ0n) is 12.0. The number of hydrogen-bond donors (Lipinski definition) is 2. The third-order valence-electron chi connectivity index (χ3n) is 3.89. The van der Waals surface area contributed by atoms with Gasteiger partial charge in [0.2, 0.25) is 5.91 Å². The van der Waals surface area contributed by atoms with Gasteiger partial charge in [0.05, 0.1) is 6.42 Å². The highest BCUT2D eigenvalue weighted by molar-refractivity contribution is 7.86. The molecule has 0 aliphatic carbocycles. The van der Waals surface area contributed by atoms with Gasteiger partial charge in [-0.2, -0.15) is 17.0 Å². The van der Waals surface area contributed by atoms with Crippen LogP contribution < -0.4 is 5.32 Å². The minimum absolute atomic E-state index is 0.108. The first-order valence-corrected chi connectivity index (χ1v) is 8.48. The van der Waals surface area contributed by atoms with E-state index in [0.29, 0.717) is 13.1 Å². The standard InChI is InChI=1S/C12H21N3O5S/c1-9-3-2-5-14(8-9)21(19,20)15-6-4-13-12(18)10(15)7-11(16)17/h9-10H,2-8H2,1H3,(H,13,18)(H,16,17). The Morgan fingerprint density at radius 2 is 2.14 bits per heavy atom. The molecule has 21 heavy (non-hydrogen) atoms. The number of aliphatic carboxylic acids is 1. The number of rotatable bonds is 4. The van der Waals surface area contributed by atoms with Crippen LogP contribution in [-0.4, -0.2) is 66.2 Å². The van der Waals surface area contributed by atoms with Crippen LogP contribution >= 0.6 is 0 Å². The van der Waals surface area contributed by atoms with Gasteiger partial charge in [0, 0.05) is 26.2 Å². The lowest BCUT2D eigenvalue weighted by molar-refractivity contribution is -0.141. The number of nitrogens with zero attached hydrogens (tertiary/aromatic N) is 2. The van der Waals surface area contributed by atoms with Crippen LogP contribution in [0.15, 0.2) is 0 Å². The van der Waals surface area contributed by atoms with Crippen LogP contribution in [0.5, 0.6) is 0 Å². The summed E-state index contributed by atoms with van der Waals surface area (Å²) in [6.07, 6.45) is 1.24. The summed E-state index contributed by atoms with van der Waals surface area (Å²) in [6, 6.07) is -1.17. The molecule has 2 N–H and O–H groups in total. The summed E-state index contributed by atoms with van der Waals surface area (Å²) in [5.74, 6) is -1.47. The molecule has 0 saturated carbocycles. The molecule has 0 radical (unpaired) electrons. The Morgan fingerprint density at radius 3 is 2.76 bits per heavy atom. The summed E-state index contributed by atoms with van der Waals surface area (Å²) < 4.78 is 27.8. The van der Waals surface area contributed by atoms with E-state index in [0.717, 1.165) is 17.1 Å². The van der Waals surface area contributed by atoms with Crippen LogP contribution in [0.1, 0.15) is 26.2 Å². The first-order valence-electron chi connectivity index (χ1n) is 7.09. The van der Waals surface area contributed by atoms with E-state index in [1.165, 1.54) is 4.31 Å². The smallest absolute Gasteiger partial charge is 0.305 e. The van der Waals surface area contributed by atoms with Crippen LogP contribution in [0.25, 0.3) is 0 Å². The zero-order chi connectivity index (χ0) is 15.6. The number of piperazine rings is 1. The number of amides is 1. The molecule has 8 nitrogen and oxygen atoms in total. The van der Waals surface area contributed by atoms with Gasteiger partial charge in [-0.05, 0) is 18.8 Å². The molecule has 2 aliphatic rings. The molecule has 2 rings (SSSR count).